The van der Waals surface area contributed by atoms with Crippen LogP contribution in [-0.4, -0.2) is 110 Å². The second-order valence-electron chi connectivity index (χ2n) is 13.0. The molecule has 1 aromatic carbocycles. The lowest BCUT2D eigenvalue weighted by atomic mass is 10.1. The fourth-order valence-electron chi connectivity index (χ4n) is 6.09. The van der Waals surface area contributed by atoms with E-state index in [1.54, 1.807) is 30.3 Å². The lowest BCUT2D eigenvalue weighted by Crippen LogP contribution is -2.38. The highest BCUT2D eigenvalue weighted by Crippen LogP contribution is 2.57. The van der Waals surface area contributed by atoms with Crippen LogP contribution in [0.1, 0.15) is 35.7 Å². The summed E-state index contributed by atoms with van der Waals surface area (Å²) in [5.41, 5.74) is -1.50. The molecule has 4 unspecified atom stereocenters. The van der Waals surface area contributed by atoms with Crippen molar-refractivity contribution in [2.24, 2.45) is 0 Å². The van der Waals surface area contributed by atoms with E-state index in [1.165, 1.54) is 6.08 Å². The summed E-state index contributed by atoms with van der Waals surface area (Å²) < 4.78 is 94.2. The predicted molar refractivity (Wildman–Crippen MR) is 212 cm³/mol. The van der Waals surface area contributed by atoms with Gasteiger partial charge in [-0.2, -0.15) is 10.5 Å². The molecule has 0 spiro atoms. The van der Waals surface area contributed by atoms with Crippen molar-refractivity contribution in [3.05, 3.63) is 94.3 Å². The first-order valence-corrected chi connectivity index (χ1v) is 22.4. The molecule has 2 aliphatic heterocycles. The number of anilines is 1. The molecule has 0 bridgehead atoms. The van der Waals surface area contributed by atoms with Gasteiger partial charge >= 0.3 is 20.2 Å². The molecule has 5 heterocycles. The van der Waals surface area contributed by atoms with E-state index < -0.39 is 114 Å². The second-order valence-corrected chi connectivity index (χ2v) is 17.6. The van der Waals surface area contributed by atoms with Crippen LogP contribution < -0.4 is 16.6 Å². The van der Waals surface area contributed by atoms with Crippen LogP contribution in [0, 0.1) is 22.7 Å². The Balaban J connectivity index is 1.32. The number of carbonyl (C=O) groups excluding carboxylic acids is 1. The van der Waals surface area contributed by atoms with E-state index in [4.69, 9.17) is 53.7 Å². The highest BCUT2D eigenvalue weighted by molar-refractivity contribution is 8.07. The average molecular weight is 924 g/mol. The number of nitrogens with one attached hydrogen (secondary N) is 2. The molecule has 10 atom stereocenters. The number of imidazole rings is 1. The number of H-pyrrole nitrogens is 1. The van der Waals surface area contributed by atoms with Gasteiger partial charge in [-0.15, -0.1) is 6.58 Å². The minimum atomic E-state index is -4.73. The first kappa shape index (κ1) is 46.5. The predicted octanol–water partition coefficient (Wildman–Crippen LogP) is 3.27. The third-order valence-corrected chi connectivity index (χ3v) is 12.7. The molecule has 22 nitrogen and oxygen atoms in total. The largest absolute Gasteiger partial charge is 0.475 e. The number of carbonyl (C=O) groups is 1. The van der Waals surface area contributed by atoms with Crippen molar-refractivity contribution in [1.29, 1.82) is 10.5 Å². The van der Waals surface area contributed by atoms with Gasteiger partial charge in [-0.05, 0) is 23.9 Å². The Morgan fingerprint density at radius 3 is 2.39 bits per heavy atom. The van der Waals surface area contributed by atoms with E-state index in [1.807, 2.05) is 17.1 Å². The molecule has 3 N–H and O–H groups in total. The van der Waals surface area contributed by atoms with Gasteiger partial charge in [0.25, 0.3) is 11.5 Å². The fourth-order valence-corrected chi connectivity index (χ4v) is 9.50. The molecule has 0 saturated carbocycles. The van der Waals surface area contributed by atoms with Crippen molar-refractivity contribution in [3.63, 3.8) is 0 Å². The number of rotatable bonds is 21. The minimum absolute atomic E-state index is 0.0243. The summed E-state index contributed by atoms with van der Waals surface area (Å²) in [6.45, 7) is -3.80. The van der Waals surface area contributed by atoms with Gasteiger partial charge in [0.15, 0.2) is 41.8 Å². The highest BCUT2D eigenvalue weighted by atomic mass is 32.5. The monoisotopic (exact) mass is 923 g/mol. The molecule has 2 saturated heterocycles. The summed E-state index contributed by atoms with van der Waals surface area (Å²) in [6.07, 6.45) is -10.8. The Bertz CT molecular complexity index is 2520. The van der Waals surface area contributed by atoms with E-state index in [0.717, 1.165) is 34.1 Å². The number of benzene rings is 1. The molecule has 1 amide bonds. The number of aromatic nitrogens is 6. The Morgan fingerprint density at radius 2 is 1.69 bits per heavy atom. The number of nitrogens with zero attached hydrogens (tertiary/aromatic N) is 7. The molecular weight excluding hydrogens is 886 g/mol. The maximum Gasteiger partial charge on any atom is 0.475 e. The van der Waals surface area contributed by atoms with Crippen LogP contribution in [0.5, 0.6) is 0 Å². The lowest BCUT2D eigenvalue weighted by molar-refractivity contribution is -0.0598. The van der Waals surface area contributed by atoms with Gasteiger partial charge in [0, 0.05) is 17.8 Å². The second kappa shape index (κ2) is 20.9. The smallest absolute Gasteiger partial charge is 0.394 e. The number of aliphatic hydroxyl groups is 1. The minimum Gasteiger partial charge on any atom is -0.394 e. The Hall–Kier alpha value is -4.98. The number of amides is 1. The van der Waals surface area contributed by atoms with Crippen LogP contribution in [0.25, 0.3) is 11.2 Å². The number of hydrogen-bond donors (Lipinski definition) is 3. The van der Waals surface area contributed by atoms with Gasteiger partial charge in [-0.1, -0.05) is 24.3 Å². The number of hydrogen-bond acceptors (Lipinski definition) is 19. The van der Waals surface area contributed by atoms with Gasteiger partial charge in [-0.3, -0.25) is 41.8 Å². The van der Waals surface area contributed by atoms with Crippen LogP contribution >= 0.6 is 14.5 Å². The van der Waals surface area contributed by atoms with Gasteiger partial charge in [0.2, 0.25) is 0 Å². The van der Waals surface area contributed by atoms with E-state index >= 15 is 8.78 Å². The standard InChI is InChI=1S/C35H37F2N9O13P2S/c1-2-14-52-60(51,53-15-6-11-38)58-28-23(57-33(26(28)37)46-20-42-27-30(40-19-41-31(27)46)44-32(49)21-8-4-3-5-9-21)18-55-61(62,54-16-7-12-39)59-29-25(36)22(17-47)56-34(29)45-13-10-24(48)43-35(45)50/h2-5,8-10,13,19-20,22-23,25-26,28-29,33-34,47H,1,6-7,14-18H2,(H,43,48,50)(H,40,41,44,49)/t22-,23-,25+,26?,28+,29?,33-,34-,60?,61?/m1/s1. The SMILES string of the molecule is C=CCOP(=O)(OCCC#N)O[C@@H]1C(F)[C@H](n2cnc3c(NC(=O)c4ccccc4)ncnc32)O[C@@H]1COP(=S)(OCCC#N)OC1[C@@H](F)[C@@H](CO)O[C@H]1n1ccc(=O)[nH]c1=O. The Kier molecular flexibility index (Phi) is 15.7. The number of nitriles is 2. The number of phosphoric acid groups is 1. The third-order valence-electron chi connectivity index (χ3n) is 8.91. The van der Waals surface area contributed by atoms with Crippen molar-refractivity contribution in [2.75, 3.05) is 38.4 Å². The zero-order valence-electron chi connectivity index (χ0n) is 32.1. The Morgan fingerprint density at radius 1 is 0.968 bits per heavy atom. The first-order chi connectivity index (χ1) is 29.8. The number of fused-ring (bicyclic) bond motifs is 1. The Labute approximate surface area is 354 Å². The summed E-state index contributed by atoms with van der Waals surface area (Å²) >= 11 is 5.64. The molecule has 2 fully saturated rings. The first-order valence-electron chi connectivity index (χ1n) is 18.4. The fraction of sp³-hybridized carbons (Fsp3) is 0.429. The maximum absolute atomic E-state index is 17.0. The number of alkyl halides is 2. The lowest BCUT2D eigenvalue weighted by Gasteiger charge is -2.30. The average Bonchev–Trinajstić information content (AvgIpc) is 3.92. The quantitative estimate of drug-likeness (QED) is 0.0614. The zero-order chi connectivity index (χ0) is 44.4. The molecule has 0 aliphatic carbocycles. The van der Waals surface area contributed by atoms with E-state index in [0.29, 0.717) is 5.56 Å². The van der Waals surface area contributed by atoms with Crippen molar-refractivity contribution in [1.82, 2.24) is 29.1 Å². The van der Waals surface area contributed by atoms with Crippen molar-refractivity contribution in [2.45, 2.75) is 62.1 Å². The van der Waals surface area contributed by atoms with Crippen molar-refractivity contribution in [3.8, 4) is 12.1 Å². The summed E-state index contributed by atoms with van der Waals surface area (Å²) in [5, 5.41) is 30.8. The van der Waals surface area contributed by atoms with Crippen LogP contribution in [0.4, 0.5) is 14.6 Å². The number of aliphatic hydroxyl groups excluding tert-OH is 1. The highest BCUT2D eigenvalue weighted by Gasteiger charge is 2.53. The number of halogens is 2. The van der Waals surface area contributed by atoms with Gasteiger partial charge in [0.1, 0.15) is 30.7 Å². The van der Waals surface area contributed by atoms with E-state index in [2.05, 4.69) is 26.8 Å². The van der Waals surface area contributed by atoms with Crippen LogP contribution in [0.15, 0.2) is 77.5 Å². The van der Waals surface area contributed by atoms with Crippen LogP contribution in [-0.2, 0) is 53.0 Å². The molecule has 27 heteroatoms. The van der Waals surface area contributed by atoms with Gasteiger partial charge in [-0.25, -0.2) is 33.1 Å². The van der Waals surface area contributed by atoms with Crippen molar-refractivity contribution >= 4 is 49.2 Å². The molecule has 2 aliphatic rings. The van der Waals surface area contributed by atoms with Crippen LogP contribution in [0.3, 0.4) is 0 Å². The van der Waals surface area contributed by atoms with Crippen LogP contribution in [0.2, 0.25) is 0 Å². The summed E-state index contributed by atoms with van der Waals surface area (Å²) in [6, 6.07) is 12.8. The molecular formula is C35H37F2N9O13P2S. The molecule has 4 aromatic rings. The molecule has 3 aromatic heterocycles. The summed E-state index contributed by atoms with van der Waals surface area (Å²) in [4.78, 5) is 52.1. The maximum atomic E-state index is 17.0. The molecule has 6 rings (SSSR count). The topological polar surface area (TPSA) is 286 Å². The van der Waals surface area contributed by atoms with E-state index in [9.17, 15) is 29.3 Å². The number of ether oxygens (including phenoxy) is 2. The third kappa shape index (κ3) is 10.8. The van der Waals surface area contributed by atoms with E-state index in [-0.39, 0.29) is 29.8 Å². The summed E-state index contributed by atoms with van der Waals surface area (Å²) in [7, 11) is -4.73. The zero-order valence-corrected chi connectivity index (χ0v) is 34.7. The van der Waals surface area contributed by atoms with Gasteiger partial charge < -0.3 is 28.9 Å². The number of aromatic amines is 1. The van der Waals surface area contributed by atoms with Crippen molar-refractivity contribution < 1.29 is 59.9 Å². The van der Waals surface area contributed by atoms with Gasteiger partial charge in [0.05, 0.1) is 64.3 Å². The molecule has 0 radical (unpaired) electrons. The summed E-state index contributed by atoms with van der Waals surface area (Å²) in [5.74, 6) is -0.558. The number of phosphoric ester groups is 1. The molecule has 330 valence electrons. The molecule has 62 heavy (non-hydrogen) atoms. The normalized spacial score (nSPS) is 25.4.